The topological polar surface area (TPSA) is 24.1 Å². The number of benzene rings is 3. The van der Waals surface area contributed by atoms with Crippen molar-refractivity contribution in [3.05, 3.63) is 81.7 Å². The maximum absolute atomic E-state index is 3.49. The van der Waals surface area contributed by atoms with Crippen LogP contribution in [0.2, 0.25) is 0 Å². The van der Waals surface area contributed by atoms with Crippen molar-refractivity contribution in [2.24, 2.45) is 0 Å². The molecule has 0 radical (unpaired) electrons. The van der Waals surface area contributed by atoms with Crippen LogP contribution in [0.25, 0.3) is 0 Å². The first-order valence-electron chi connectivity index (χ1n) is 6.85. The van der Waals surface area contributed by atoms with Gasteiger partial charge in [0.1, 0.15) is 0 Å². The number of rotatable bonds is 4. The van der Waals surface area contributed by atoms with Gasteiger partial charge in [0.2, 0.25) is 0 Å². The van der Waals surface area contributed by atoms with E-state index in [1.165, 1.54) is 0 Å². The van der Waals surface area contributed by atoms with Gasteiger partial charge in [0.05, 0.1) is 11.4 Å². The molecular formula is C18H14Br2N2. The molecule has 0 amide bonds. The highest BCUT2D eigenvalue weighted by Gasteiger charge is 2.03. The summed E-state index contributed by atoms with van der Waals surface area (Å²) in [6.45, 7) is 0. The number of halogens is 2. The van der Waals surface area contributed by atoms with Crippen LogP contribution in [0.1, 0.15) is 0 Å². The zero-order valence-corrected chi connectivity index (χ0v) is 14.9. The third kappa shape index (κ3) is 3.90. The number of anilines is 4. The van der Waals surface area contributed by atoms with Crippen LogP contribution in [0, 0.1) is 0 Å². The molecule has 0 bridgehead atoms. The number of nitrogens with one attached hydrogen (secondary N) is 2. The van der Waals surface area contributed by atoms with Crippen molar-refractivity contribution in [2.45, 2.75) is 0 Å². The molecule has 110 valence electrons. The second-order valence-electron chi connectivity index (χ2n) is 4.82. The van der Waals surface area contributed by atoms with Crippen molar-refractivity contribution in [3.8, 4) is 0 Å². The Labute approximate surface area is 146 Å². The van der Waals surface area contributed by atoms with Gasteiger partial charge in [-0.15, -0.1) is 0 Å². The lowest BCUT2D eigenvalue weighted by Crippen LogP contribution is -1.97. The first kappa shape index (κ1) is 15.1. The van der Waals surface area contributed by atoms with Crippen LogP contribution < -0.4 is 10.6 Å². The van der Waals surface area contributed by atoms with E-state index in [9.17, 15) is 0 Å². The predicted molar refractivity (Wildman–Crippen MR) is 101 cm³/mol. The average Bonchev–Trinajstić information content (AvgIpc) is 2.49. The lowest BCUT2D eigenvalue weighted by atomic mass is 10.2. The molecule has 22 heavy (non-hydrogen) atoms. The Balaban J connectivity index is 1.86. The van der Waals surface area contributed by atoms with Crippen LogP contribution >= 0.6 is 31.9 Å². The van der Waals surface area contributed by atoms with Gasteiger partial charge in [0, 0.05) is 20.3 Å². The maximum atomic E-state index is 3.49. The molecule has 3 rings (SSSR count). The monoisotopic (exact) mass is 416 g/mol. The highest BCUT2D eigenvalue weighted by atomic mass is 79.9. The summed E-state index contributed by atoms with van der Waals surface area (Å²) in [6.07, 6.45) is 0. The van der Waals surface area contributed by atoms with Crippen molar-refractivity contribution < 1.29 is 0 Å². The van der Waals surface area contributed by atoms with Gasteiger partial charge in [-0.1, -0.05) is 56.1 Å². The summed E-state index contributed by atoms with van der Waals surface area (Å²) < 4.78 is 2.10. The van der Waals surface area contributed by atoms with Gasteiger partial charge in [0.15, 0.2) is 0 Å². The molecule has 0 unspecified atom stereocenters. The fourth-order valence-electron chi connectivity index (χ4n) is 2.14. The van der Waals surface area contributed by atoms with Gasteiger partial charge < -0.3 is 10.6 Å². The fourth-order valence-corrected chi connectivity index (χ4v) is 2.94. The summed E-state index contributed by atoms with van der Waals surface area (Å²) in [5.74, 6) is 0. The van der Waals surface area contributed by atoms with Crippen LogP contribution in [0.4, 0.5) is 22.7 Å². The highest BCUT2D eigenvalue weighted by molar-refractivity contribution is 9.10. The number of hydrogen-bond acceptors (Lipinski definition) is 2. The SMILES string of the molecule is Brc1cccc(Nc2ccccc2Nc2cccc(Br)c2)c1. The quantitative estimate of drug-likeness (QED) is 0.493. The Hall–Kier alpha value is -1.78. The van der Waals surface area contributed by atoms with E-state index in [2.05, 4.69) is 66.8 Å². The third-order valence-electron chi connectivity index (χ3n) is 3.13. The van der Waals surface area contributed by atoms with E-state index in [0.717, 1.165) is 31.7 Å². The largest absolute Gasteiger partial charge is 0.354 e. The molecule has 3 aromatic rings. The van der Waals surface area contributed by atoms with Crippen molar-refractivity contribution in [1.82, 2.24) is 0 Å². The van der Waals surface area contributed by atoms with Crippen molar-refractivity contribution in [1.29, 1.82) is 0 Å². The Morgan fingerprint density at radius 1 is 0.545 bits per heavy atom. The van der Waals surface area contributed by atoms with Gasteiger partial charge >= 0.3 is 0 Å². The molecule has 4 heteroatoms. The maximum Gasteiger partial charge on any atom is 0.0623 e. The molecule has 2 nitrogen and oxygen atoms in total. The Kier molecular flexibility index (Phi) is 4.80. The summed E-state index contributed by atoms with van der Waals surface area (Å²) in [5.41, 5.74) is 4.14. The highest BCUT2D eigenvalue weighted by Crippen LogP contribution is 2.29. The molecule has 0 spiro atoms. The van der Waals surface area contributed by atoms with E-state index in [1.54, 1.807) is 0 Å². The molecule has 0 heterocycles. The van der Waals surface area contributed by atoms with Crippen LogP contribution in [0.3, 0.4) is 0 Å². The second-order valence-corrected chi connectivity index (χ2v) is 6.65. The molecule has 0 saturated carbocycles. The Bertz CT molecular complexity index is 721. The second kappa shape index (κ2) is 6.99. The van der Waals surface area contributed by atoms with Gasteiger partial charge in [-0.05, 0) is 48.5 Å². The zero-order valence-electron chi connectivity index (χ0n) is 11.7. The van der Waals surface area contributed by atoms with Crippen LogP contribution in [-0.4, -0.2) is 0 Å². The summed E-state index contributed by atoms with van der Waals surface area (Å²) in [4.78, 5) is 0. The van der Waals surface area contributed by atoms with E-state index < -0.39 is 0 Å². The van der Waals surface area contributed by atoms with Gasteiger partial charge in [-0.3, -0.25) is 0 Å². The van der Waals surface area contributed by atoms with Crippen molar-refractivity contribution in [3.63, 3.8) is 0 Å². The molecule has 0 aliphatic carbocycles. The average molecular weight is 418 g/mol. The molecule has 0 atom stereocenters. The third-order valence-corrected chi connectivity index (χ3v) is 4.12. The molecule has 0 aliphatic rings. The molecule has 0 aromatic heterocycles. The summed E-state index contributed by atoms with van der Waals surface area (Å²) >= 11 is 6.99. The zero-order chi connectivity index (χ0) is 15.4. The Morgan fingerprint density at radius 3 is 1.41 bits per heavy atom. The van der Waals surface area contributed by atoms with Crippen LogP contribution in [0.15, 0.2) is 81.7 Å². The number of para-hydroxylation sites is 2. The van der Waals surface area contributed by atoms with E-state index in [-0.39, 0.29) is 0 Å². The molecule has 2 N–H and O–H groups in total. The standard InChI is InChI=1S/C18H14Br2N2/c19-13-5-3-7-15(11-13)21-17-9-1-2-10-18(17)22-16-8-4-6-14(20)12-16/h1-12,21-22H. The van der Waals surface area contributed by atoms with Crippen LogP contribution in [-0.2, 0) is 0 Å². The molecule has 0 aliphatic heterocycles. The van der Waals surface area contributed by atoms with Gasteiger partial charge in [-0.2, -0.15) is 0 Å². The lowest BCUT2D eigenvalue weighted by Gasteiger charge is -2.14. The summed E-state index contributed by atoms with van der Waals surface area (Å²) in [5, 5.41) is 6.89. The first-order chi connectivity index (χ1) is 10.7. The van der Waals surface area contributed by atoms with Gasteiger partial charge in [-0.25, -0.2) is 0 Å². The molecule has 0 fully saturated rings. The summed E-state index contributed by atoms with van der Waals surface area (Å²) in [7, 11) is 0. The minimum Gasteiger partial charge on any atom is -0.354 e. The minimum absolute atomic E-state index is 1.03. The summed E-state index contributed by atoms with van der Waals surface area (Å²) in [6, 6.07) is 24.4. The van der Waals surface area contributed by atoms with E-state index in [0.29, 0.717) is 0 Å². The van der Waals surface area contributed by atoms with Crippen molar-refractivity contribution in [2.75, 3.05) is 10.6 Å². The Morgan fingerprint density at radius 2 is 1.00 bits per heavy atom. The van der Waals surface area contributed by atoms with Crippen LogP contribution in [0.5, 0.6) is 0 Å². The van der Waals surface area contributed by atoms with E-state index in [4.69, 9.17) is 0 Å². The lowest BCUT2D eigenvalue weighted by molar-refractivity contribution is 1.49. The number of hydrogen-bond donors (Lipinski definition) is 2. The normalized spacial score (nSPS) is 10.3. The fraction of sp³-hybridized carbons (Fsp3) is 0. The first-order valence-corrected chi connectivity index (χ1v) is 8.43. The molecule has 3 aromatic carbocycles. The van der Waals surface area contributed by atoms with Gasteiger partial charge in [0.25, 0.3) is 0 Å². The molecular weight excluding hydrogens is 404 g/mol. The molecule has 0 saturated heterocycles. The minimum atomic E-state index is 1.03. The predicted octanol–water partition coefficient (Wildman–Crippen LogP) is 6.70. The smallest absolute Gasteiger partial charge is 0.0623 e. The van der Waals surface area contributed by atoms with Crippen molar-refractivity contribution >= 4 is 54.6 Å². The van der Waals surface area contributed by atoms with E-state index >= 15 is 0 Å². The van der Waals surface area contributed by atoms with E-state index in [1.807, 2.05) is 48.5 Å².